The van der Waals surface area contributed by atoms with Gasteiger partial charge < -0.3 is 4.46 Å². The lowest BCUT2D eigenvalue weighted by Crippen LogP contribution is -1.74. The second kappa shape index (κ2) is 5.89. The normalized spacial score (nSPS) is 7.57. The molecule has 0 aliphatic rings. The molecular formula is C5H10OSi. The second-order valence-electron chi connectivity index (χ2n) is 1.46. The Morgan fingerprint density at radius 3 is 2.86 bits per heavy atom. The summed E-state index contributed by atoms with van der Waals surface area (Å²) in [5.41, 5.74) is 1.81. The topological polar surface area (TPSA) is 17.1 Å². The van der Waals surface area contributed by atoms with Gasteiger partial charge in [-0.3, -0.25) is 0 Å². The SMILES string of the molecule is CCCCC=[Si]=O. The van der Waals surface area contributed by atoms with E-state index in [1.165, 1.54) is 12.8 Å². The molecule has 40 valence electrons. The third kappa shape index (κ3) is 5.89. The van der Waals surface area contributed by atoms with Gasteiger partial charge in [-0.25, -0.2) is 0 Å². The summed E-state index contributed by atoms with van der Waals surface area (Å²) in [6.07, 6.45) is 3.38. The molecule has 2 heteroatoms. The first-order valence-electron chi connectivity index (χ1n) is 2.61. The number of rotatable bonds is 3. The molecule has 0 aliphatic heterocycles. The lowest BCUT2D eigenvalue weighted by molar-refractivity contribution is 0.587. The molecule has 0 bridgehead atoms. The van der Waals surface area contributed by atoms with Crippen molar-refractivity contribution in [2.45, 2.75) is 26.2 Å². The second-order valence-corrected chi connectivity index (χ2v) is 2.11. The maximum absolute atomic E-state index is 9.78. The Balaban J connectivity index is 2.83. The Morgan fingerprint density at radius 1 is 1.71 bits per heavy atom. The number of unbranched alkanes of at least 4 members (excludes halogenated alkanes) is 2. The van der Waals surface area contributed by atoms with Gasteiger partial charge >= 0.3 is 0 Å². The monoisotopic (exact) mass is 114 g/mol. The summed E-state index contributed by atoms with van der Waals surface area (Å²) in [7, 11) is -0.207. The van der Waals surface area contributed by atoms with Crippen molar-refractivity contribution in [2.24, 2.45) is 0 Å². The molecule has 0 aromatic heterocycles. The lowest BCUT2D eigenvalue weighted by atomic mass is 10.3. The van der Waals surface area contributed by atoms with Gasteiger partial charge in [0.05, 0.1) is 0 Å². The smallest absolute Gasteiger partial charge is 0.256 e. The summed E-state index contributed by atoms with van der Waals surface area (Å²) in [6.45, 7) is 2.13. The lowest BCUT2D eigenvalue weighted by Gasteiger charge is -1.81. The average molecular weight is 114 g/mol. The fourth-order valence-electron chi connectivity index (χ4n) is 0.365. The molecule has 0 aromatic rings. The van der Waals surface area contributed by atoms with E-state index in [0.29, 0.717) is 0 Å². The van der Waals surface area contributed by atoms with E-state index in [2.05, 4.69) is 6.92 Å². The van der Waals surface area contributed by atoms with E-state index >= 15 is 0 Å². The third-order valence-corrected chi connectivity index (χ3v) is 1.24. The molecule has 0 saturated carbocycles. The van der Waals surface area contributed by atoms with E-state index < -0.39 is 0 Å². The Labute approximate surface area is 46.2 Å². The van der Waals surface area contributed by atoms with Crippen LogP contribution in [-0.2, 0) is 4.46 Å². The molecule has 0 rings (SSSR count). The van der Waals surface area contributed by atoms with Crippen LogP contribution in [0.3, 0.4) is 0 Å². The highest BCUT2D eigenvalue weighted by Crippen LogP contribution is 1.87. The van der Waals surface area contributed by atoms with Crippen LogP contribution in [0.4, 0.5) is 0 Å². The molecule has 0 heterocycles. The van der Waals surface area contributed by atoms with Crippen molar-refractivity contribution < 1.29 is 4.46 Å². The van der Waals surface area contributed by atoms with E-state index in [4.69, 9.17) is 0 Å². The van der Waals surface area contributed by atoms with E-state index in [1.54, 1.807) is 0 Å². The highest BCUT2D eigenvalue weighted by atomic mass is 28.2. The van der Waals surface area contributed by atoms with Gasteiger partial charge in [-0.15, -0.1) is 0 Å². The van der Waals surface area contributed by atoms with Crippen LogP contribution in [0.1, 0.15) is 26.2 Å². The first-order valence-corrected chi connectivity index (χ1v) is 3.59. The van der Waals surface area contributed by atoms with E-state index in [9.17, 15) is 4.46 Å². The molecule has 0 atom stereocenters. The molecule has 0 unspecified atom stereocenters. The quantitative estimate of drug-likeness (QED) is 0.395. The van der Waals surface area contributed by atoms with Gasteiger partial charge in [-0.05, 0) is 18.5 Å². The van der Waals surface area contributed by atoms with Crippen LogP contribution in [0.25, 0.3) is 0 Å². The Hall–Kier alpha value is -0.113. The molecule has 0 radical (unpaired) electrons. The van der Waals surface area contributed by atoms with Crippen LogP contribution < -0.4 is 0 Å². The number of hydrogen-bond donors (Lipinski definition) is 0. The van der Waals surface area contributed by atoms with Gasteiger partial charge in [-0.2, -0.15) is 0 Å². The summed E-state index contributed by atoms with van der Waals surface area (Å²) in [6, 6.07) is 0. The largest absolute Gasteiger partial charge is 0.326 e. The molecular weight excluding hydrogens is 104 g/mol. The minimum Gasteiger partial charge on any atom is -0.326 e. The molecule has 0 saturated heterocycles. The predicted molar refractivity (Wildman–Crippen MR) is 32.0 cm³/mol. The molecule has 1 nitrogen and oxygen atoms in total. The summed E-state index contributed by atoms with van der Waals surface area (Å²) in [5.74, 6) is 0. The molecule has 0 amide bonds. The third-order valence-electron chi connectivity index (χ3n) is 0.785. The van der Waals surface area contributed by atoms with Crippen molar-refractivity contribution in [1.82, 2.24) is 0 Å². The van der Waals surface area contributed by atoms with Crippen molar-refractivity contribution in [3.63, 3.8) is 0 Å². The minimum absolute atomic E-state index is 0.207. The van der Waals surface area contributed by atoms with Crippen molar-refractivity contribution in [2.75, 3.05) is 0 Å². The zero-order valence-electron chi connectivity index (χ0n) is 4.61. The maximum atomic E-state index is 9.78. The van der Waals surface area contributed by atoms with Gasteiger partial charge in [0, 0.05) is 0 Å². The predicted octanol–water partition coefficient (Wildman–Crippen LogP) is 1.03. The average Bonchev–Trinajstić information content (AvgIpc) is 1.69. The van der Waals surface area contributed by atoms with Crippen LogP contribution in [0.2, 0.25) is 0 Å². The summed E-state index contributed by atoms with van der Waals surface area (Å²) >= 11 is 0. The standard InChI is InChI=1S/C5H10OSi/c1-2-3-4-5-7-6/h5H,2-4H2,1H3. The van der Waals surface area contributed by atoms with Crippen LogP contribution in [0.15, 0.2) is 0 Å². The van der Waals surface area contributed by atoms with Gasteiger partial charge in [0.15, 0.2) is 0 Å². The molecule has 0 fully saturated rings. The van der Waals surface area contributed by atoms with E-state index in [1.807, 2.05) is 5.67 Å². The summed E-state index contributed by atoms with van der Waals surface area (Å²) < 4.78 is 9.78. The van der Waals surface area contributed by atoms with Crippen LogP contribution in [0.5, 0.6) is 0 Å². The highest BCUT2D eigenvalue weighted by molar-refractivity contribution is 6.33. The molecule has 0 aromatic carbocycles. The maximum Gasteiger partial charge on any atom is 0.256 e. The van der Waals surface area contributed by atoms with E-state index in [0.717, 1.165) is 6.42 Å². The first kappa shape index (κ1) is 6.89. The van der Waals surface area contributed by atoms with Crippen molar-refractivity contribution >= 4 is 14.7 Å². The number of hydrogen-bond acceptors (Lipinski definition) is 1. The van der Waals surface area contributed by atoms with Crippen LogP contribution >= 0.6 is 0 Å². The fourth-order valence-corrected chi connectivity index (χ4v) is 0.687. The Bertz CT molecular complexity index is 74.1. The van der Waals surface area contributed by atoms with Gasteiger partial charge in [0.1, 0.15) is 0 Å². The summed E-state index contributed by atoms with van der Waals surface area (Å²) in [4.78, 5) is 0. The summed E-state index contributed by atoms with van der Waals surface area (Å²) in [5, 5.41) is 0. The molecule has 0 aliphatic carbocycles. The Morgan fingerprint density at radius 2 is 2.43 bits per heavy atom. The van der Waals surface area contributed by atoms with Crippen LogP contribution in [-0.4, -0.2) is 14.7 Å². The zero-order chi connectivity index (χ0) is 5.54. The molecule has 0 spiro atoms. The van der Waals surface area contributed by atoms with Crippen LogP contribution in [0, 0.1) is 0 Å². The van der Waals surface area contributed by atoms with E-state index in [-0.39, 0.29) is 9.02 Å². The van der Waals surface area contributed by atoms with Gasteiger partial charge in [-0.1, -0.05) is 13.3 Å². The molecule has 0 N–H and O–H groups in total. The minimum atomic E-state index is -0.207. The van der Waals surface area contributed by atoms with Crippen molar-refractivity contribution in [3.05, 3.63) is 0 Å². The molecule has 7 heavy (non-hydrogen) atoms. The van der Waals surface area contributed by atoms with Gasteiger partial charge in [0.2, 0.25) is 0 Å². The van der Waals surface area contributed by atoms with Gasteiger partial charge in [0.25, 0.3) is 9.02 Å². The highest BCUT2D eigenvalue weighted by Gasteiger charge is 1.74. The van der Waals surface area contributed by atoms with Crippen molar-refractivity contribution in [1.29, 1.82) is 0 Å². The zero-order valence-corrected chi connectivity index (χ0v) is 5.61. The first-order chi connectivity index (χ1) is 3.41. The Kier molecular flexibility index (Phi) is 5.79. The van der Waals surface area contributed by atoms with Crippen molar-refractivity contribution in [3.8, 4) is 0 Å². The fraction of sp³-hybridized carbons (Fsp3) is 0.800.